The number of phenols is 1. The molecule has 3 nitrogen and oxygen atoms in total. The van der Waals surface area contributed by atoms with E-state index in [0.29, 0.717) is 16.1 Å². The maximum Gasteiger partial charge on any atom is 0.335 e. The van der Waals surface area contributed by atoms with E-state index in [0.717, 1.165) is 5.56 Å². The third-order valence-corrected chi connectivity index (χ3v) is 2.91. The van der Waals surface area contributed by atoms with Gasteiger partial charge in [-0.15, -0.1) is 0 Å². The molecular weight excluding hydrogens is 252 g/mol. The molecule has 0 bridgehead atoms. The number of hydrogen-bond acceptors (Lipinski definition) is 2. The van der Waals surface area contributed by atoms with E-state index in [-0.39, 0.29) is 11.3 Å². The van der Waals surface area contributed by atoms with E-state index in [9.17, 15) is 9.90 Å². The highest BCUT2D eigenvalue weighted by Gasteiger charge is 2.10. The predicted molar refractivity (Wildman–Crippen MR) is 70.2 cm³/mol. The number of carbonyl (C=O) groups is 1. The van der Waals surface area contributed by atoms with E-state index in [1.54, 1.807) is 12.1 Å². The van der Waals surface area contributed by atoms with E-state index in [1.165, 1.54) is 18.2 Å². The summed E-state index contributed by atoms with van der Waals surface area (Å²) in [5.41, 5.74) is 2.32. The van der Waals surface area contributed by atoms with Gasteiger partial charge in [-0.25, -0.2) is 4.79 Å². The molecule has 0 saturated carbocycles. The van der Waals surface area contributed by atoms with Gasteiger partial charge in [0.15, 0.2) is 0 Å². The quantitative estimate of drug-likeness (QED) is 0.867. The number of aromatic hydroxyl groups is 1. The van der Waals surface area contributed by atoms with Crippen molar-refractivity contribution in [3.63, 3.8) is 0 Å². The average Bonchev–Trinajstić information content (AvgIpc) is 2.27. The molecule has 0 radical (unpaired) electrons. The fourth-order valence-corrected chi connectivity index (χ4v) is 2.09. The topological polar surface area (TPSA) is 57.5 Å². The summed E-state index contributed by atoms with van der Waals surface area (Å²) in [7, 11) is 0. The molecule has 0 atom stereocenters. The Kier molecular flexibility index (Phi) is 3.26. The minimum atomic E-state index is -1.09. The highest BCUT2D eigenvalue weighted by Crippen LogP contribution is 2.31. The van der Waals surface area contributed by atoms with Crippen molar-refractivity contribution in [1.82, 2.24) is 0 Å². The van der Waals surface area contributed by atoms with Crippen LogP contribution in [0.1, 0.15) is 15.9 Å². The molecule has 2 N–H and O–H groups in total. The monoisotopic (exact) mass is 262 g/mol. The lowest BCUT2D eigenvalue weighted by Crippen LogP contribution is -1.96. The molecule has 0 amide bonds. The highest BCUT2D eigenvalue weighted by molar-refractivity contribution is 6.33. The Balaban J connectivity index is 2.60. The lowest BCUT2D eigenvalue weighted by atomic mass is 10.0. The summed E-state index contributed by atoms with van der Waals surface area (Å²) in [6, 6.07) is 9.65. The molecule has 0 saturated heterocycles. The third kappa shape index (κ3) is 2.46. The number of phenolic OH excluding ortho intramolecular Hbond substituents is 1. The molecule has 0 aromatic heterocycles. The lowest BCUT2D eigenvalue weighted by Gasteiger charge is -2.07. The van der Waals surface area contributed by atoms with Gasteiger partial charge in [-0.2, -0.15) is 0 Å². The summed E-state index contributed by atoms with van der Waals surface area (Å²) in [6.07, 6.45) is 0. The van der Waals surface area contributed by atoms with Crippen molar-refractivity contribution in [1.29, 1.82) is 0 Å². The summed E-state index contributed by atoms with van der Waals surface area (Å²) in [4.78, 5) is 10.9. The number of carboxylic acids is 1. The smallest absolute Gasteiger partial charge is 0.335 e. The largest absolute Gasteiger partial charge is 0.508 e. The molecule has 0 aliphatic heterocycles. The SMILES string of the molecule is Cc1ccc(-c2cc(O)cc(C(=O)O)c2)c(Cl)c1. The maximum absolute atomic E-state index is 10.9. The Morgan fingerprint density at radius 1 is 1.17 bits per heavy atom. The molecule has 2 aromatic rings. The minimum absolute atomic E-state index is 0.0293. The van der Waals surface area contributed by atoms with Crippen LogP contribution in [0, 0.1) is 6.92 Å². The molecule has 92 valence electrons. The van der Waals surface area contributed by atoms with Gasteiger partial charge in [0.2, 0.25) is 0 Å². The van der Waals surface area contributed by atoms with Crippen LogP contribution in [0.4, 0.5) is 0 Å². The fourth-order valence-electron chi connectivity index (χ4n) is 1.74. The summed E-state index contributed by atoms with van der Waals surface area (Å²) in [6.45, 7) is 1.92. The lowest BCUT2D eigenvalue weighted by molar-refractivity contribution is 0.0696. The van der Waals surface area contributed by atoms with Crippen molar-refractivity contribution >= 4 is 17.6 Å². The van der Waals surface area contributed by atoms with Crippen LogP contribution in [-0.2, 0) is 0 Å². The van der Waals surface area contributed by atoms with Crippen LogP contribution in [0.2, 0.25) is 5.02 Å². The molecule has 2 aromatic carbocycles. The molecule has 0 heterocycles. The Bertz CT molecular complexity index is 620. The molecular formula is C14H11ClO3. The molecule has 4 heteroatoms. The summed E-state index contributed by atoms with van der Waals surface area (Å²) >= 11 is 6.12. The van der Waals surface area contributed by atoms with E-state index >= 15 is 0 Å². The van der Waals surface area contributed by atoms with Gasteiger partial charge in [-0.1, -0.05) is 23.7 Å². The second-order valence-corrected chi connectivity index (χ2v) is 4.46. The van der Waals surface area contributed by atoms with Crippen molar-refractivity contribution < 1.29 is 15.0 Å². The Hall–Kier alpha value is -2.00. The van der Waals surface area contributed by atoms with Crippen LogP contribution in [-0.4, -0.2) is 16.2 Å². The maximum atomic E-state index is 10.9. The number of aromatic carboxylic acids is 1. The van der Waals surface area contributed by atoms with Crippen molar-refractivity contribution in [2.75, 3.05) is 0 Å². The van der Waals surface area contributed by atoms with Gasteiger partial charge in [-0.05, 0) is 42.3 Å². The first kappa shape index (κ1) is 12.5. The second-order valence-electron chi connectivity index (χ2n) is 4.06. The van der Waals surface area contributed by atoms with Crippen LogP contribution < -0.4 is 0 Å². The molecule has 18 heavy (non-hydrogen) atoms. The van der Waals surface area contributed by atoms with Crippen molar-refractivity contribution in [3.05, 3.63) is 52.5 Å². The number of hydrogen-bond donors (Lipinski definition) is 2. The molecule has 0 unspecified atom stereocenters. The number of rotatable bonds is 2. The van der Waals surface area contributed by atoms with Gasteiger partial charge in [0.05, 0.1) is 5.56 Å². The van der Waals surface area contributed by atoms with Gasteiger partial charge in [0, 0.05) is 10.6 Å². The van der Waals surface area contributed by atoms with Crippen LogP contribution in [0.3, 0.4) is 0 Å². The minimum Gasteiger partial charge on any atom is -0.508 e. The molecule has 0 aliphatic rings. The van der Waals surface area contributed by atoms with Crippen LogP contribution in [0.15, 0.2) is 36.4 Å². The van der Waals surface area contributed by atoms with Gasteiger partial charge in [0.25, 0.3) is 0 Å². The zero-order valence-electron chi connectivity index (χ0n) is 9.64. The molecule has 0 aliphatic carbocycles. The summed E-state index contributed by atoms with van der Waals surface area (Å²) in [5.74, 6) is -1.18. The fraction of sp³-hybridized carbons (Fsp3) is 0.0714. The normalized spacial score (nSPS) is 10.3. The van der Waals surface area contributed by atoms with Gasteiger partial charge < -0.3 is 10.2 Å². The molecule has 0 fully saturated rings. The van der Waals surface area contributed by atoms with E-state index in [4.69, 9.17) is 16.7 Å². The van der Waals surface area contributed by atoms with E-state index < -0.39 is 5.97 Å². The second kappa shape index (κ2) is 4.70. The average molecular weight is 263 g/mol. The first-order valence-electron chi connectivity index (χ1n) is 5.31. The van der Waals surface area contributed by atoms with Crippen molar-refractivity contribution in [2.45, 2.75) is 6.92 Å². The Morgan fingerprint density at radius 3 is 2.50 bits per heavy atom. The highest BCUT2D eigenvalue weighted by atomic mass is 35.5. The number of benzene rings is 2. The van der Waals surface area contributed by atoms with Crippen molar-refractivity contribution in [2.24, 2.45) is 0 Å². The molecule has 0 spiro atoms. The van der Waals surface area contributed by atoms with Gasteiger partial charge in [-0.3, -0.25) is 0 Å². The Morgan fingerprint density at radius 2 is 1.89 bits per heavy atom. The zero-order valence-corrected chi connectivity index (χ0v) is 10.4. The summed E-state index contributed by atoms with van der Waals surface area (Å²) in [5, 5.41) is 19.0. The Labute approximate surface area is 109 Å². The van der Waals surface area contributed by atoms with Gasteiger partial charge >= 0.3 is 5.97 Å². The van der Waals surface area contributed by atoms with Gasteiger partial charge in [0.1, 0.15) is 5.75 Å². The predicted octanol–water partition coefficient (Wildman–Crippen LogP) is 3.72. The van der Waals surface area contributed by atoms with Crippen LogP contribution in [0.25, 0.3) is 11.1 Å². The zero-order chi connectivity index (χ0) is 13.3. The van der Waals surface area contributed by atoms with E-state index in [1.807, 2.05) is 13.0 Å². The summed E-state index contributed by atoms with van der Waals surface area (Å²) < 4.78 is 0. The molecule has 2 rings (SSSR count). The van der Waals surface area contributed by atoms with E-state index in [2.05, 4.69) is 0 Å². The van der Waals surface area contributed by atoms with Crippen molar-refractivity contribution in [3.8, 4) is 16.9 Å². The van der Waals surface area contributed by atoms with Crippen LogP contribution >= 0.6 is 11.6 Å². The van der Waals surface area contributed by atoms with Crippen LogP contribution in [0.5, 0.6) is 5.75 Å². The number of carboxylic acid groups (broad SMARTS) is 1. The third-order valence-electron chi connectivity index (χ3n) is 2.60. The number of halogens is 1. The first-order chi connectivity index (χ1) is 8.47. The first-order valence-corrected chi connectivity index (χ1v) is 5.69. The standard InChI is InChI=1S/C14H11ClO3/c1-8-2-3-12(13(15)4-8)9-5-10(14(17)18)7-11(16)6-9/h2-7,16H,1H3,(H,17,18). The number of aryl methyl sites for hydroxylation is 1.